The van der Waals surface area contributed by atoms with E-state index in [1.165, 1.54) is 33.4 Å². The summed E-state index contributed by atoms with van der Waals surface area (Å²) in [4.78, 5) is 0. The van der Waals surface area contributed by atoms with E-state index >= 15 is 0 Å². The minimum atomic E-state index is -0.341. The highest BCUT2D eigenvalue weighted by Crippen LogP contribution is 2.54. The third-order valence-corrected chi connectivity index (χ3v) is 5.82. The molecule has 1 aliphatic carbocycles. The van der Waals surface area contributed by atoms with Crippen LogP contribution in [-0.2, 0) is 5.41 Å². The van der Waals surface area contributed by atoms with E-state index in [1.54, 1.807) is 0 Å². The van der Waals surface area contributed by atoms with Gasteiger partial charge in [0.1, 0.15) is 0 Å². The molecule has 0 aromatic heterocycles. The molecule has 27 heavy (non-hydrogen) atoms. The highest BCUT2D eigenvalue weighted by molar-refractivity contribution is 14.1. The number of hydrogen-bond donors (Lipinski definition) is 0. The van der Waals surface area contributed by atoms with E-state index < -0.39 is 0 Å². The Morgan fingerprint density at radius 1 is 0.778 bits per heavy atom. The molecule has 1 aliphatic rings. The second kappa shape index (κ2) is 7.69. The number of allylic oxidation sites excluding steroid dienone is 5. The van der Waals surface area contributed by atoms with E-state index in [4.69, 9.17) is 0 Å². The lowest BCUT2D eigenvalue weighted by Crippen LogP contribution is -2.29. The molecular formula is C26H21I. The maximum atomic E-state index is 4.24. The molecular weight excluding hydrogens is 439 g/mol. The standard InChI is InChI=1S/C26H21I/c1-2-24-22(17-11-19-27)23-16-9-10-18-25(23)26(24,20-12-5-3-6-13-20)21-14-7-4-8-15-21/h2-18H,1,19H2/b17-11-. The molecule has 3 aromatic carbocycles. The van der Waals surface area contributed by atoms with Crippen LogP contribution in [0, 0.1) is 0 Å². The SMILES string of the molecule is C=CC1=C(/C=C\CI)c2ccccc2C1(c1ccccc1)c1ccccc1. The van der Waals surface area contributed by atoms with Crippen LogP contribution in [0.4, 0.5) is 0 Å². The van der Waals surface area contributed by atoms with Crippen LogP contribution in [0.15, 0.2) is 115 Å². The van der Waals surface area contributed by atoms with Crippen molar-refractivity contribution < 1.29 is 0 Å². The fourth-order valence-corrected chi connectivity index (χ4v) is 4.56. The molecule has 1 heteroatoms. The summed E-state index contributed by atoms with van der Waals surface area (Å²) in [7, 11) is 0. The topological polar surface area (TPSA) is 0 Å². The van der Waals surface area contributed by atoms with E-state index in [9.17, 15) is 0 Å². The zero-order valence-corrected chi connectivity index (χ0v) is 17.3. The van der Waals surface area contributed by atoms with Crippen molar-refractivity contribution in [2.24, 2.45) is 0 Å². The van der Waals surface area contributed by atoms with Gasteiger partial charge >= 0.3 is 0 Å². The summed E-state index contributed by atoms with van der Waals surface area (Å²) in [6, 6.07) is 30.4. The molecule has 0 heterocycles. The van der Waals surface area contributed by atoms with Crippen molar-refractivity contribution in [1.82, 2.24) is 0 Å². The fraction of sp³-hybridized carbons (Fsp3) is 0.0769. The summed E-state index contributed by atoms with van der Waals surface area (Å²) in [5, 5.41) is 0. The molecule has 0 amide bonds. The van der Waals surface area contributed by atoms with Gasteiger partial charge in [0, 0.05) is 4.43 Å². The third kappa shape index (κ3) is 2.81. The number of benzene rings is 3. The van der Waals surface area contributed by atoms with Gasteiger partial charge in [-0.1, -0.05) is 132 Å². The van der Waals surface area contributed by atoms with Gasteiger partial charge in [-0.2, -0.15) is 0 Å². The number of rotatable bonds is 5. The Kier molecular flexibility index (Phi) is 5.13. The summed E-state index contributed by atoms with van der Waals surface area (Å²) in [5.74, 6) is 0. The van der Waals surface area contributed by atoms with E-state index in [-0.39, 0.29) is 5.41 Å². The first-order valence-corrected chi connectivity index (χ1v) is 10.7. The summed E-state index contributed by atoms with van der Waals surface area (Å²) in [6.07, 6.45) is 6.53. The first kappa shape index (κ1) is 18.0. The van der Waals surface area contributed by atoms with Crippen molar-refractivity contribution in [3.63, 3.8) is 0 Å². The summed E-state index contributed by atoms with van der Waals surface area (Å²) in [5.41, 5.74) is 7.35. The lowest BCUT2D eigenvalue weighted by molar-refractivity contribution is 0.762. The molecule has 0 saturated carbocycles. The van der Waals surface area contributed by atoms with Crippen molar-refractivity contribution in [2.75, 3.05) is 4.43 Å². The zero-order chi connectivity index (χ0) is 18.7. The highest BCUT2D eigenvalue weighted by Gasteiger charge is 2.45. The minimum Gasteiger partial charge on any atom is -0.0987 e. The minimum absolute atomic E-state index is 0.341. The smallest absolute Gasteiger partial charge is 0.0713 e. The zero-order valence-electron chi connectivity index (χ0n) is 15.1. The van der Waals surface area contributed by atoms with E-state index in [2.05, 4.69) is 126 Å². The van der Waals surface area contributed by atoms with Gasteiger partial charge in [-0.25, -0.2) is 0 Å². The van der Waals surface area contributed by atoms with Crippen LogP contribution in [0.3, 0.4) is 0 Å². The van der Waals surface area contributed by atoms with Crippen LogP contribution in [0.25, 0.3) is 5.57 Å². The number of hydrogen-bond acceptors (Lipinski definition) is 0. The van der Waals surface area contributed by atoms with Crippen molar-refractivity contribution in [1.29, 1.82) is 0 Å². The Bertz CT molecular complexity index is 971. The lowest BCUT2D eigenvalue weighted by atomic mass is 9.67. The van der Waals surface area contributed by atoms with E-state index in [0.29, 0.717) is 0 Å². The van der Waals surface area contributed by atoms with Crippen LogP contribution >= 0.6 is 22.6 Å². The van der Waals surface area contributed by atoms with Crippen LogP contribution in [0.5, 0.6) is 0 Å². The van der Waals surface area contributed by atoms with Crippen LogP contribution in [0.2, 0.25) is 0 Å². The summed E-state index contributed by atoms with van der Waals surface area (Å²) < 4.78 is 0.984. The second-order valence-electron chi connectivity index (χ2n) is 6.62. The summed E-state index contributed by atoms with van der Waals surface area (Å²) >= 11 is 2.39. The van der Waals surface area contributed by atoms with Crippen molar-refractivity contribution >= 4 is 28.2 Å². The molecule has 0 N–H and O–H groups in total. The van der Waals surface area contributed by atoms with Crippen molar-refractivity contribution in [3.8, 4) is 0 Å². The molecule has 0 nitrogen and oxygen atoms in total. The molecule has 0 saturated heterocycles. The van der Waals surface area contributed by atoms with Crippen LogP contribution in [-0.4, -0.2) is 4.43 Å². The third-order valence-electron chi connectivity index (χ3n) is 5.31. The Morgan fingerprint density at radius 2 is 1.33 bits per heavy atom. The molecule has 0 atom stereocenters. The number of halogens is 1. The molecule has 0 aliphatic heterocycles. The maximum Gasteiger partial charge on any atom is 0.0713 e. The quantitative estimate of drug-likeness (QED) is 0.285. The predicted octanol–water partition coefficient (Wildman–Crippen LogP) is 6.97. The molecule has 0 radical (unpaired) electrons. The average molecular weight is 460 g/mol. The largest absolute Gasteiger partial charge is 0.0987 e. The lowest BCUT2D eigenvalue weighted by Gasteiger charge is -2.34. The van der Waals surface area contributed by atoms with Crippen LogP contribution < -0.4 is 0 Å². The van der Waals surface area contributed by atoms with Gasteiger partial charge < -0.3 is 0 Å². The van der Waals surface area contributed by atoms with Gasteiger partial charge in [0.25, 0.3) is 0 Å². The maximum absolute atomic E-state index is 4.24. The monoisotopic (exact) mass is 460 g/mol. The molecule has 0 fully saturated rings. The average Bonchev–Trinajstić information content (AvgIpc) is 3.04. The first-order valence-electron chi connectivity index (χ1n) is 9.14. The Balaban J connectivity index is 2.16. The van der Waals surface area contributed by atoms with Crippen LogP contribution in [0.1, 0.15) is 22.3 Å². The molecule has 3 aromatic rings. The van der Waals surface area contributed by atoms with Gasteiger partial charge in [-0.05, 0) is 33.4 Å². The highest BCUT2D eigenvalue weighted by atomic mass is 127. The number of fused-ring (bicyclic) bond motifs is 1. The van der Waals surface area contributed by atoms with Gasteiger partial charge in [-0.3, -0.25) is 0 Å². The molecule has 4 rings (SSSR count). The Hall–Kier alpha value is -2.39. The Labute approximate surface area is 175 Å². The van der Waals surface area contributed by atoms with Gasteiger partial charge in [-0.15, -0.1) is 0 Å². The molecule has 0 bridgehead atoms. The molecule has 0 unspecified atom stereocenters. The van der Waals surface area contributed by atoms with Crippen molar-refractivity contribution in [3.05, 3.63) is 138 Å². The van der Waals surface area contributed by atoms with E-state index in [1.807, 2.05) is 6.08 Å². The van der Waals surface area contributed by atoms with Gasteiger partial charge in [0.15, 0.2) is 0 Å². The number of alkyl halides is 1. The molecule has 0 spiro atoms. The molecule has 132 valence electrons. The first-order chi connectivity index (χ1) is 13.3. The Morgan fingerprint density at radius 3 is 1.89 bits per heavy atom. The van der Waals surface area contributed by atoms with Gasteiger partial charge in [0.2, 0.25) is 0 Å². The van der Waals surface area contributed by atoms with Gasteiger partial charge in [0.05, 0.1) is 5.41 Å². The normalized spacial score (nSPS) is 15.1. The second-order valence-corrected chi connectivity index (χ2v) is 7.50. The summed E-state index contributed by atoms with van der Waals surface area (Å²) in [6.45, 7) is 4.24. The fourth-order valence-electron chi connectivity index (χ4n) is 4.31. The predicted molar refractivity (Wildman–Crippen MR) is 124 cm³/mol. The van der Waals surface area contributed by atoms with E-state index in [0.717, 1.165) is 4.43 Å². The van der Waals surface area contributed by atoms with Crippen molar-refractivity contribution in [2.45, 2.75) is 5.41 Å².